The van der Waals surface area contributed by atoms with E-state index in [-0.39, 0.29) is 16.8 Å². The zero-order valence-electron chi connectivity index (χ0n) is 21.7. The minimum Gasteiger partial charge on any atom is -0.459 e. The number of carbonyl (C=O) groups excluding carboxylic acids is 2. The molecule has 1 amide bonds. The lowest BCUT2D eigenvalue weighted by atomic mass is 9.99. The van der Waals surface area contributed by atoms with Crippen LogP contribution in [0, 0.1) is 34.0 Å². The molecule has 0 saturated carbocycles. The quantitative estimate of drug-likeness (QED) is 0.341. The maximum absolute atomic E-state index is 13.5. The Bertz CT molecular complexity index is 1140. The second-order valence-corrected chi connectivity index (χ2v) is 9.53. The van der Waals surface area contributed by atoms with E-state index in [1.54, 1.807) is 45.0 Å². The van der Waals surface area contributed by atoms with E-state index < -0.39 is 29.6 Å². The molecule has 1 aromatic rings. The highest BCUT2D eigenvalue weighted by Crippen LogP contribution is 2.37. The minimum atomic E-state index is -0.789. The summed E-state index contributed by atoms with van der Waals surface area (Å²) < 4.78 is 5.33. The van der Waals surface area contributed by atoms with Gasteiger partial charge in [-0.1, -0.05) is 38.8 Å². The average molecular weight is 488 g/mol. The molecule has 8 nitrogen and oxygen atoms in total. The number of allylic oxidation sites excluding steroid dienone is 2. The van der Waals surface area contributed by atoms with Gasteiger partial charge in [0.05, 0.1) is 16.8 Å². The fourth-order valence-electron chi connectivity index (χ4n) is 3.92. The molecule has 0 saturated heterocycles. The van der Waals surface area contributed by atoms with Gasteiger partial charge in [-0.05, 0) is 51.3 Å². The zero-order valence-corrected chi connectivity index (χ0v) is 21.7. The van der Waals surface area contributed by atoms with Gasteiger partial charge in [-0.25, -0.2) is 0 Å². The molecule has 1 aliphatic rings. The number of rotatable bonds is 10. The van der Waals surface area contributed by atoms with Crippen LogP contribution in [0.15, 0.2) is 41.1 Å². The van der Waals surface area contributed by atoms with Crippen molar-refractivity contribution in [2.45, 2.75) is 65.9 Å². The predicted molar refractivity (Wildman–Crippen MR) is 137 cm³/mol. The number of hydrogen-bond acceptors (Lipinski definition) is 7. The summed E-state index contributed by atoms with van der Waals surface area (Å²) in [6, 6.07) is 12.8. The molecule has 0 radical (unpaired) electrons. The van der Waals surface area contributed by atoms with Crippen LogP contribution in [-0.4, -0.2) is 42.0 Å². The first-order valence-electron chi connectivity index (χ1n) is 12.2. The lowest BCUT2D eigenvalue weighted by Gasteiger charge is -2.25. The van der Waals surface area contributed by atoms with Gasteiger partial charge < -0.3 is 9.64 Å². The molecule has 0 bridgehead atoms. The third kappa shape index (κ3) is 6.74. The topological polar surface area (TPSA) is 121 Å². The molecule has 0 atom stereocenters. The van der Waals surface area contributed by atoms with Crippen LogP contribution in [0.25, 0.3) is 5.57 Å². The van der Waals surface area contributed by atoms with Crippen LogP contribution in [0.5, 0.6) is 0 Å². The normalized spacial score (nSPS) is 13.2. The number of nitriles is 3. The Kier molecular flexibility index (Phi) is 9.83. The molecular weight excluding hydrogens is 454 g/mol. The highest BCUT2D eigenvalue weighted by molar-refractivity contribution is 6.26. The van der Waals surface area contributed by atoms with Crippen LogP contribution >= 0.6 is 0 Å². The van der Waals surface area contributed by atoms with E-state index >= 15 is 0 Å². The number of ether oxygens (including phenoxy) is 1. The molecular formula is C28H33N5O3. The fourth-order valence-corrected chi connectivity index (χ4v) is 3.92. The second kappa shape index (κ2) is 12.6. The molecule has 1 heterocycles. The number of esters is 1. The van der Waals surface area contributed by atoms with E-state index in [0.717, 1.165) is 49.4 Å². The Hall–Kier alpha value is -4.09. The number of hydrogen-bond donors (Lipinski definition) is 0. The Morgan fingerprint density at radius 2 is 1.56 bits per heavy atom. The number of benzene rings is 1. The maximum atomic E-state index is 13.5. The highest BCUT2D eigenvalue weighted by Gasteiger charge is 2.40. The third-order valence-electron chi connectivity index (χ3n) is 5.58. The first kappa shape index (κ1) is 28.1. The van der Waals surface area contributed by atoms with Crippen molar-refractivity contribution in [1.29, 1.82) is 15.8 Å². The molecule has 0 N–H and O–H groups in total. The predicted octanol–water partition coefficient (Wildman–Crippen LogP) is 4.86. The second-order valence-electron chi connectivity index (χ2n) is 9.53. The van der Waals surface area contributed by atoms with E-state index in [1.165, 1.54) is 0 Å². The van der Waals surface area contributed by atoms with Crippen molar-refractivity contribution in [3.63, 3.8) is 0 Å². The SMILES string of the molecule is CCCCN(CCCC)c1ccc(C2=C(C#N)C(=C(C#N)C#N)N(CC(=O)OC(C)(C)C)C2=O)cc1. The highest BCUT2D eigenvalue weighted by atomic mass is 16.6. The van der Waals surface area contributed by atoms with Crippen molar-refractivity contribution in [2.75, 3.05) is 24.5 Å². The summed E-state index contributed by atoms with van der Waals surface area (Å²) in [5, 5.41) is 28.9. The summed E-state index contributed by atoms with van der Waals surface area (Å²) in [4.78, 5) is 29.3. The van der Waals surface area contributed by atoms with Gasteiger partial charge in [0, 0.05) is 18.8 Å². The summed E-state index contributed by atoms with van der Waals surface area (Å²) in [6.07, 6.45) is 4.28. The molecule has 8 heteroatoms. The van der Waals surface area contributed by atoms with Gasteiger partial charge in [-0.3, -0.25) is 14.5 Å². The van der Waals surface area contributed by atoms with Crippen molar-refractivity contribution >= 4 is 23.1 Å². The minimum absolute atomic E-state index is 0.0549. The Balaban J connectivity index is 2.52. The largest absolute Gasteiger partial charge is 0.459 e. The number of anilines is 1. The van der Waals surface area contributed by atoms with Crippen molar-refractivity contribution < 1.29 is 14.3 Å². The number of amides is 1. The molecule has 0 aliphatic carbocycles. The van der Waals surface area contributed by atoms with Crippen LogP contribution in [0.1, 0.15) is 65.9 Å². The third-order valence-corrected chi connectivity index (χ3v) is 5.58. The van der Waals surface area contributed by atoms with Gasteiger partial charge >= 0.3 is 5.97 Å². The molecule has 1 aromatic carbocycles. The molecule has 0 unspecified atom stereocenters. The van der Waals surface area contributed by atoms with Crippen LogP contribution in [-0.2, 0) is 14.3 Å². The van der Waals surface area contributed by atoms with Gasteiger partial charge in [0.25, 0.3) is 5.91 Å². The summed E-state index contributed by atoms with van der Waals surface area (Å²) in [6.45, 7) is 10.7. The van der Waals surface area contributed by atoms with Crippen molar-refractivity contribution in [3.8, 4) is 18.2 Å². The molecule has 2 rings (SSSR count). The molecule has 0 aromatic heterocycles. The molecule has 0 spiro atoms. The fraction of sp³-hybridized carbons (Fsp3) is 0.464. The Morgan fingerprint density at radius 3 is 2.00 bits per heavy atom. The summed E-state index contributed by atoms with van der Waals surface area (Å²) >= 11 is 0. The summed E-state index contributed by atoms with van der Waals surface area (Å²) in [5.41, 5.74) is 0.0718. The lowest BCUT2D eigenvalue weighted by Crippen LogP contribution is -2.36. The molecule has 36 heavy (non-hydrogen) atoms. The summed E-state index contributed by atoms with van der Waals surface area (Å²) in [7, 11) is 0. The maximum Gasteiger partial charge on any atom is 0.326 e. The smallest absolute Gasteiger partial charge is 0.326 e. The lowest BCUT2D eigenvalue weighted by molar-refractivity contribution is -0.157. The first-order chi connectivity index (χ1) is 17.1. The van der Waals surface area contributed by atoms with E-state index in [4.69, 9.17) is 4.74 Å². The average Bonchev–Trinajstić information content (AvgIpc) is 3.10. The van der Waals surface area contributed by atoms with Crippen molar-refractivity contribution in [2.24, 2.45) is 0 Å². The zero-order chi connectivity index (χ0) is 26.9. The van der Waals surface area contributed by atoms with Gasteiger partial charge in [0.2, 0.25) is 0 Å². The van der Waals surface area contributed by atoms with Gasteiger partial charge in [0.15, 0.2) is 5.57 Å². The number of unbranched alkanes of at least 4 members (excludes halogenated alkanes) is 2. The van der Waals surface area contributed by atoms with Crippen LogP contribution in [0.3, 0.4) is 0 Å². The van der Waals surface area contributed by atoms with Gasteiger partial charge in [0.1, 0.15) is 30.4 Å². The van der Waals surface area contributed by atoms with E-state index in [1.807, 2.05) is 18.2 Å². The Labute approximate surface area is 213 Å². The van der Waals surface area contributed by atoms with E-state index in [9.17, 15) is 25.4 Å². The van der Waals surface area contributed by atoms with Crippen molar-refractivity contribution in [3.05, 3.63) is 46.7 Å². The van der Waals surface area contributed by atoms with Gasteiger partial charge in [-0.15, -0.1) is 0 Å². The first-order valence-corrected chi connectivity index (χ1v) is 12.2. The monoisotopic (exact) mass is 487 g/mol. The van der Waals surface area contributed by atoms with E-state index in [2.05, 4.69) is 18.7 Å². The van der Waals surface area contributed by atoms with Crippen LogP contribution in [0.2, 0.25) is 0 Å². The molecule has 1 aliphatic heterocycles. The van der Waals surface area contributed by atoms with Crippen molar-refractivity contribution in [1.82, 2.24) is 4.90 Å². The number of nitrogens with zero attached hydrogens (tertiary/aromatic N) is 5. The molecule has 188 valence electrons. The summed E-state index contributed by atoms with van der Waals surface area (Å²) in [5.74, 6) is -1.34. The Morgan fingerprint density at radius 1 is 1.00 bits per heavy atom. The standard InChI is InChI=1S/C28H33N5O3/c1-6-8-14-32(15-9-7-2)22-12-10-20(11-13-22)25-23(18-31)26(21(16-29)17-30)33(27(25)35)19-24(34)36-28(3,4)5/h10-13H,6-9,14-15,19H2,1-5H3. The van der Waals surface area contributed by atoms with Crippen LogP contribution < -0.4 is 4.90 Å². The number of carbonyl (C=O) groups is 2. The van der Waals surface area contributed by atoms with Crippen LogP contribution in [0.4, 0.5) is 5.69 Å². The molecule has 0 fully saturated rings. The van der Waals surface area contributed by atoms with Gasteiger partial charge in [-0.2, -0.15) is 15.8 Å². The van der Waals surface area contributed by atoms with E-state index in [0.29, 0.717) is 5.56 Å².